The minimum Gasteiger partial charge on any atom is -0.496 e. The number of methoxy groups -OCH3 is 1. The van der Waals surface area contributed by atoms with Crippen molar-refractivity contribution in [3.05, 3.63) is 65.0 Å². The lowest BCUT2D eigenvalue weighted by Crippen LogP contribution is -2.06. The van der Waals surface area contributed by atoms with E-state index in [1.54, 1.807) is 19.2 Å². The van der Waals surface area contributed by atoms with E-state index >= 15 is 0 Å². The Kier molecular flexibility index (Phi) is 5.02. The molecule has 0 heterocycles. The zero-order valence-electron chi connectivity index (χ0n) is 11.7. The summed E-state index contributed by atoms with van der Waals surface area (Å²) in [5.41, 5.74) is 3.19. The van der Waals surface area contributed by atoms with Crippen LogP contribution in [0, 0.1) is 12.7 Å². The van der Waals surface area contributed by atoms with Crippen LogP contribution in [0.5, 0.6) is 5.75 Å². The first kappa shape index (κ1) is 14.9. The van der Waals surface area contributed by atoms with Gasteiger partial charge in [0.05, 0.1) is 7.11 Å². The lowest BCUT2D eigenvalue weighted by molar-refractivity contribution is 0.408. The van der Waals surface area contributed by atoms with Gasteiger partial charge in [-0.1, -0.05) is 29.8 Å². The molecule has 1 unspecified atom stereocenters. The van der Waals surface area contributed by atoms with Gasteiger partial charge in [0.1, 0.15) is 11.6 Å². The molecule has 1 nitrogen and oxygen atoms in total. The van der Waals surface area contributed by atoms with E-state index in [0.29, 0.717) is 5.88 Å². The fraction of sp³-hybridized carbons (Fsp3) is 0.294. The Balaban J connectivity index is 2.28. The number of benzene rings is 2. The molecule has 2 aromatic carbocycles. The molecule has 20 heavy (non-hydrogen) atoms. The summed E-state index contributed by atoms with van der Waals surface area (Å²) in [5, 5.41) is 0. The van der Waals surface area contributed by atoms with Crippen LogP contribution in [0.3, 0.4) is 0 Å². The summed E-state index contributed by atoms with van der Waals surface area (Å²) in [5.74, 6) is 1.14. The fourth-order valence-corrected chi connectivity index (χ4v) is 2.64. The van der Waals surface area contributed by atoms with Crippen LogP contribution < -0.4 is 4.74 Å². The van der Waals surface area contributed by atoms with E-state index in [9.17, 15) is 4.39 Å². The van der Waals surface area contributed by atoms with Gasteiger partial charge in [-0.15, -0.1) is 11.6 Å². The van der Waals surface area contributed by atoms with Crippen molar-refractivity contribution in [1.82, 2.24) is 0 Å². The van der Waals surface area contributed by atoms with Gasteiger partial charge in [-0.3, -0.25) is 0 Å². The Morgan fingerprint density at radius 3 is 2.65 bits per heavy atom. The van der Waals surface area contributed by atoms with Crippen LogP contribution in [0.15, 0.2) is 42.5 Å². The topological polar surface area (TPSA) is 9.23 Å². The number of alkyl halides is 1. The third kappa shape index (κ3) is 3.51. The molecule has 0 N–H and O–H groups in total. The third-order valence-corrected chi connectivity index (χ3v) is 3.78. The highest BCUT2D eigenvalue weighted by molar-refractivity contribution is 6.18. The number of aryl methyl sites for hydroxylation is 1. The molecule has 0 bridgehead atoms. The minimum atomic E-state index is -0.228. The van der Waals surface area contributed by atoms with E-state index in [1.165, 1.54) is 11.6 Å². The number of rotatable bonds is 5. The van der Waals surface area contributed by atoms with Crippen molar-refractivity contribution in [2.45, 2.75) is 19.3 Å². The number of hydrogen-bond donors (Lipinski definition) is 0. The van der Waals surface area contributed by atoms with Gasteiger partial charge in [0.15, 0.2) is 0 Å². The SMILES string of the molecule is COc1ccc(C)cc1CC(CCl)c1cccc(F)c1. The first-order chi connectivity index (χ1) is 9.63. The summed E-state index contributed by atoms with van der Waals surface area (Å²) < 4.78 is 18.7. The smallest absolute Gasteiger partial charge is 0.123 e. The van der Waals surface area contributed by atoms with Crippen molar-refractivity contribution >= 4 is 11.6 Å². The second-order valence-electron chi connectivity index (χ2n) is 4.93. The monoisotopic (exact) mass is 292 g/mol. The van der Waals surface area contributed by atoms with Crippen LogP contribution in [0.1, 0.15) is 22.6 Å². The van der Waals surface area contributed by atoms with Gasteiger partial charge in [0.25, 0.3) is 0 Å². The normalized spacial score (nSPS) is 12.2. The molecule has 0 amide bonds. The molecular weight excluding hydrogens is 275 g/mol. The van der Waals surface area contributed by atoms with Gasteiger partial charge in [-0.2, -0.15) is 0 Å². The molecule has 1 atom stereocenters. The largest absolute Gasteiger partial charge is 0.496 e. The highest BCUT2D eigenvalue weighted by Crippen LogP contribution is 2.28. The van der Waals surface area contributed by atoms with E-state index in [2.05, 4.69) is 6.07 Å². The van der Waals surface area contributed by atoms with Crippen molar-refractivity contribution in [1.29, 1.82) is 0 Å². The minimum absolute atomic E-state index is 0.0723. The summed E-state index contributed by atoms with van der Waals surface area (Å²) >= 11 is 6.08. The standard InChI is InChI=1S/C17H18ClFO/c1-12-6-7-17(20-2)14(8-12)9-15(11-18)13-4-3-5-16(19)10-13/h3-8,10,15H,9,11H2,1-2H3. The maximum absolute atomic E-state index is 13.3. The van der Waals surface area contributed by atoms with Gasteiger partial charge in [0.2, 0.25) is 0 Å². The van der Waals surface area contributed by atoms with E-state index in [-0.39, 0.29) is 11.7 Å². The average Bonchev–Trinajstić information content (AvgIpc) is 2.45. The van der Waals surface area contributed by atoms with Gasteiger partial charge in [-0.25, -0.2) is 4.39 Å². The fourth-order valence-electron chi connectivity index (χ4n) is 2.35. The number of hydrogen-bond acceptors (Lipinski definition) is 1. The molecule has 0 spiro atoms. The van der Waals surface area contributed by atoms with Crippen molar-refractivity contribution in [2.24, 2.45) is 0 Å². The Labute approximate surface area is 124 Å². The molecule has 2 aromatic rings. The summed E-state index contributed by atoms with van der Waals surface area (Å²) in [6.07, 6.45) is 0.734. The highest BCUT2D eigenvalue weighted by atomic mass is 35.5. The summed E-state index contributed by atoms with van der Waals surface area (Å²) in [7, 11) is 1.66. The number of ether oxygens (including phenoxy) is 1. The van der Waals surface area contributed by atoms with Crippen LogP contribution in [-0.4, -0.2) is 13.0 Å². The van der Waals surface area contributed by atoms with Crippen LogP contribution in [0.25, 0.3) is 0 Å². The molecule has 0 aromatic heterocycles. The number of halogens is 2. The lowest BCUT2D eigenvalue weighted by atomic mass is 9.92. The Morgan fingerprint density at radius 1 is 1.20 bits per heavy atom. The molecule has 0 saturated heterocycles. The molecule has 0 aliphatic rings. The van der Waals surface area contributed by atoms with Crippen LogP contribution in [-0.2, 0) is 6.42 Å². The van der Waals surface area contributed by atoms with Crippen molar-refractivity contribution in [3.8, 4) is 5.75 Å². The molecular formula is C17H18ClFO. The summed E-state index contributed by atoms with van der Waals surface area (Å²) in [6, 6.07) is 12.7. The van der Waals surface area contributed by atoms with Crippen LogP contribution in [0.2, 0.25) is 0 Å². The zero-order chi connectivity index (χ0) is 14.5. The predicted octanol–water partition coefficient (Wildman–Crippen LogP) is 4.71. The van der Waals surface area contributed by atoms with Crippen molar-refractivity contribution in [3.63, 3.8) is 0 Å². The van der Waals surface area contributed by atoms with E-state index < -0.39 is 0 Å². The zero-order valence-corrected chi connectivity index (χ0v) is 12.5. The highest BCUT2D eigenvalue weighted by Gasteiger charge is 2.15. The van der Waals surface area contributed by atoms with Crippen molar-refractivity contribution in [2.75, 3.05) is 13.0 Å². The van der Waals surface area contributed by atoms with Gasteiger partial charge >= 0.3 is 0 Å². The molecule has 3 heteroatoms. The molecule has 0 radical (unpaired) electrons. The Bertz CT molecular complexity index is 583. The molecule has 2 rings (SSSR count). The van der Waals surface area contributed by atoms with Gasteiger partial charge in [-0.05, 0) is 42.7 Å². The van der Waals surface area contributed by atoms with Gasteiger partial charge < -0.3 is 4.74 Å². The third-order valence-electron chi connectivity index (χ3n) is 3.41. The first-order valence-corrected chi connectivity index (χ1v) is 7.12. The summed E-state index contributed by atoms with van der Waals surface area (Å²) in [6.45, 7) is 2.04. The molecule has 106 valence electrons. The van der Waals surface area contributed by atoms with Crippen molar-refractivity contribution < 1.29 is 9.13 Å². The second kappa shape index (κ2) is 6.76. The predicted molar refractivity (Wildman–Crippen MR) is 81.3 cm³/mol. The van der Waals surface area contributed by atoms with Crippen LogP contribution in [0.4, 0.5) is 4.39 Å². The van der Waals surface area contributed by atoms with Gasteiger partial charge in [0, 0.05) is 11.8 Å². The Morgan fingerprint density at radius 2 is 2.00 bits per heavy atom. The second-order valence-corrected chi connectivity index (χ2v) is 5.23. The maximum Gasteiger partial charge on any atom is 0.123 e. The first-order valence-electron chi connectivity index (χ1n) is 6.59. The average molecular weight is 293 g/mol. The molecule has 0 aliphatic heterocycles. The van der Waals surface area contributed by atoms with E-state index in [0.717, 1.165) is 23.3 Å². The molecule has 0 fully saturated rings. The van der Waals surface area contributed by atoms with E-state index in [4.69, 9.17) is 16.3 Å². The molecule has 0 saturated carbocycles. The lowest BCUT2D eigenvalue weighted by Gasteiger charge is -2.17. The molecule has 0 aliphatic carbocycles. The summed E-state index contributed by atoms with van der Waals surface area (Å²) in [4.78, 5) is 0. The maximum atomic E-state index is 13.3. The van der Waals surface area contributed by atoms with E-state index in [1.807, 2.05) is 25.1 Å². The Hall–Kier alpha value is -1.54. The quantitative estimate of drug-likeness (QED) is 0.725. The van der Waals surface area contributed by atoms with Crippen LogP contribution >= 0.6 is 11.6 Å².